The Kier molecular flexibility index (Phi) is 5.16. The number of amides is 1. The second kappa shape index (κ2) is 7.88. The first-order valence-electron chi connectivity index (χ1n) is 9.04. The maximum Gasteiger partial charge on any atom is 0.227 e. The molecule has 0 radical (unpaired) electrons. The van der Waals surface area contributed by atoms with Crippen molar-refractivity contribution in [2.45, 2.75) is 25.2 Å². The molecule has 138 valence electrons. The Balaban J connectivity index is 1.45. The van der Waals surface area contributed by atoms with E-state index in [2.05, 4.69) is 20.2 Å². The molecule has 6 nitrogen and oxygen atoms in total. The molecule has 0 spiro atoms. The van der Waals surface area contributed by atoms with E-state index >= 15 is 0 Å². The van der Waals surface area contributed by atoms with Gasteiger partial charge in [0, 0.05) is 42.0 Å². The number of aromatic nitrogens is 4. The van der Waals surface area contributed by atoms with Crippen molar-refractivity contribution >= 4 is 17.5 Å². The van der Waals surface area contributed by atoms with Gasteiger partial charge in [-0.25, -0.2) is 4.98 Å². The lowest BCUT2D eigenvalue weighted by Gasteiger charge is -2.31. The largest absolute Gasteiger partial charge is 0.342 e. The maximum absolute atomic E-state index is 12.7. The number of nitrogens with one attached hydrogen (secondary N) is 1. The minimum absolute atomic E-state index is 0.0970. The molecule has 7 heteroatoms. The number of likely N-dealkylation sites (tertiary alicyclic amines) is 1. The maximum atomic E-state index is 12.7. The molecule has 1 saturated heterocycles. The van der Waals surface area contributed by atoms with Crippen LogP contribution in [0.5, 0.6) is 0 Å². The summed E-state index contributed by atoms with van der Waals surface area (Å²) < 4.78 is 0. The normalized spacial score (nSPS) is 17.1. The summed E-state index contributed by atoms with van der Waals surface area (Å²) in [4.78, 5) is 23.4. The Morgan fingerprint density at radius 1 is 1.26 bits per heavy atom. The third kappa shape index (κ3) is 4.01. The van der Waals surface area contributed by atoms with Crippen LogP contribution in [-0.4, -0.2) is 44.1 Å². The molecule has 0 bridgehead atoms. The highest BCUT2D eigenvalue weighted by Gasteiger charge is 2.27. The smallest absolute Gasteiger partial charge is 0.227 e. The fourth-order valence-electron chi connectivity index (χ4n) is 3.42. The zero-order chi connectivity index (χ0) is 18.6. The van der Waals surface area contributed by atoms with Crippen LogP contribution >= 0.6 is 11.6 Å². The number of carbonyl (C=O) groups excluding carboxylic acids is 1. The van der Waals surface area contributed by atoms with Gasteiger partial charge in [0.25, 0.3) is 0 Å². The van der Waals surface area contributed by atoms with Gasteiger partial charge in [0.15, 0.2) is 5.82 Å². The average molecular weight is 382 g/mol. The molecule has 0 saturated carbocycles. The summed E-state index contributed by atoms with van der Waals surface area (Å²) in [5.41, 5.74) is 1.74. The van der Waals surface area contributed by atoms with E-state index in [-0.39, 0.29) is 11.8 Å². The molecule has 0 unspecified atom stereocenters. The van der Waals surface area contributed by atoms with E-state index in [0.29, 0.717) is 23.8 Å². The Labute approximate surface area is 162 Å². The first kappa shape index (κ1) is 17.7. The van der Waals surface area contributed by atoms with Crippen LogP contribution in [0.25, 0.3) is 11.4 Å². The van der Waals surface area contributed by atoms with Gasteiger partial charge in [0.1, 0.15) is 5.82 Å². The van der Waals surface area contributed by atoms with E-state index in [9.17, 15) is 4.79 Å². The van der Waals surface area contributed by atoms with Crippen LogP contribution in [0, 0.1) is 0 Å². The fraction of sp³-hybridized carbons (Fsp3) is 0.300. The van der Waals surface area contributed by atoms with Gasteiger partial charge in [0.2, 0.25) is 5.91 Å². The zero-order valence-electron chi connectivity index (χ0n) is 14.8. The molecule has 1 fully saturated rings. The lowest BCUT2D eigenvalue weighted by atomic mass is 9.96. The molecule has 27 heavy (non-hydrogen) atoms. The van der Waals surface area contributed by atoms with E-state index in [1.807, 2.05) is 41.3 Å². The molecular weight excluding hydrogens is 362 g/mol. The van der Waals surface area contributed by atoms with E-state index in [0.717, 1.165) is 36.3 Å². The molecule has 1 aliphatic heterocycles. The van der Waals surface area contributed by atoms with Crippen LogP contribution in [0.4, 0.5) is 0 Å². The number of rotatable bonds is 4. The van der Waals surface area contributed by atoms with Gasteiger partial charge in [-0.3, -0.25) is 14.9 Å². The third-order valence-electron chi connectivity index (χ3n) is 4.88. The Morgan fingerprint density at radius 2 is 2.15 bits per heavy atom. The van der Waals surface area contributed by atoms with Crippen molar-refractivity contribution in [3.05, 3.63) is 65.2 Å². The molecule has 3 aromatic rings. The van der Waals surface area contributed by atoms with E-state index in [1.165, 1.54) is 0 Å². The lowest BCUT2D eigenvalue weighted by Crippen LogP contribution is -2.40. The van der Waals surface area contributed by atoms with Gasteiger partial charge in [-0.05, 0) is 36.6 Å². The summed E-state index contributed by atoms with van der Waals surface area (Å²) in [6, 6.07) is 11.3. The number of hydrogen-bond acceptors (Lipinski definition) is 4. The van der Waals surface area contributed by atoms with Crippen molar-refractivity contribution in [1.29, 1.82) is 0 Å². The van der Waals surface area contributed by atoms with E-state index in [1.54, 1.807) is 12.4 Å². The second-order valence-electron chi connectivity index (χ2n) is 6.73. The summed E-state index contributed by atoms with van der Waals surface area (Å²) in [7, 11) is 0. The molecule has 1 aliphatic rings. The molecule has 1 N–H and O–H groups in total. The average Bonchev–Trinajstić information content (AvgIpc) is 3.21. The molecule has 0 aliphatic carbocycles. The monoisotopic (exact) mass is 381 g/mol. The summed E-state index contributed by atoms with van der Waals surface area (Å²) in [5.74, 6) is 1.72. The number of benzene rings is 1. The molecule has 1 atom stereocenters. The van der Waals surface area contributed by atoms with Gasteiger partial charge in [-0.1, -0.05) is 29.8 Å². The molecule has 2 aromatic heterocycles. The van der Waals surface area contributed by atoms with Crippen molar-refractivity contribution in [2.24, 2.45) is 0 Å². The molecular formula is C20H20ClN5O. The predicted molar refractivity (Wildman–Crippen MR) is 103 cm³/mol. The third-order valence-corrected chi connectivity index (χ3v) is 5.25. The molecule has 1 amide bonds. The number of piperidine rings is 1. The van der Waals surface area contributed by atoms with Gasteiger partial charge < -0.3 is 4.90 Å². The first-order valence-corrected chi connectivity index (χ1v) is 9.42. The molecule has 3 heterocycles. The highest BCUT2D eigenvalue weighted by molar-refractivity contribution is 6.31. The number of nitrogens with zero attached hydrogens (tertiary/aromatic N) is 4. The Bertz CT molecular complexity index is 927. The quantitative estimate of drug-likeness (QED) is 0.750. The van der Waals surface area contributed by atoms with Crippen molar-refractivity contribution in [1.82, 2.24) is 25.1 Å². The van der Waals surface area contributed by atoms with Crippen LogP contribution in [0.1, 0.15) is 30.1 Å². The number of carbonyl (C=O) groups is 1. The van der Waals surface area contributed by atoms with Crippen LogP contribution in [0.3, 0.4) is 0 Å². The van der Waals surface area contributed by atoms with Gasteiger partial charge >= 0.3 is 0 Å². The van der Waals surface area contributed by atoms with Crippen molar-refractivity contribution in [2.75, 3.05) is 13.1 Å². The summed E-state index contributed by atoms with van der Waals surface area (Å²) in [6.45, 7) is 1.41. The van der Waals surface area contributed by atoms with Crippen LogP contribution in [-0.2, 0) is 11.2 Å². The van der Waals surface area contributed by atoms with Crippen LogP contribution in [0.15, 0.2) is 48.8 Å². The SMILES string of the molecule is O=C(Cc1ccccc1Cl)N1CCC[C@@H](c2nc(-c3cccnc3)n[nH]2)C1. The predicted octanol–water partition coefficient (Wildman–Crippen LogP) is 3.47. The summed E-state index contributed by atoms with van der Waals surface area (Å²) in [5, 5.41) is 7.99. The van der Waals surface area contributed by atoms with Crippen LogP contribution < -0.4 is 0 Å². The summed E-state index contributed by atoms with van der Waals surface area (Å²) in [6.07, 6.45) is 5.72. The van der Waals surface area contributed by atoms with Crippen molar-refractivity contribution in [3.63, 3.8) is 0 Å². The zero-order valence-corrected chi connectivity index (χ0v) is 15.6. The standard InChI is InChI=1S/C20H20ClN5O/c21-17-8-2-1-5-14(17)11-18(27)26-10-4-7-16(13-26)20-23-19(24-25-20)15-6-3-9-22-12-15/h1-3,5-6,8-9,12,16H,4,7,10-11,13H2,(H,23,24,25)/t16-/m1/s1. The Hall–Kier alpha value is -2.73. The fourth-order valence-corrected chi connectivity index (χ4v) is 3.63. The van der Waals surface area contributed by atoms with E-state index in [4.69, 9.17) is 11.6 Å². The number of H-pyrrole nitrogens is 1. The summed E-state index contributed by atoms with van der Waals surface area (Å²) >= 11 is 6.19. The number of halogens is 1. The highest BCUT2D eigenvalue weighted by Crippen LogP contribution is 2.27. The first-order chi connectivity index (χ1) is 13.2. The number of hydrogen-bond donors (Lipinski definition) is 1. The number of pyridine rings is 1. The van der Waals surface area contributed by atoms with E-state index < -0.39 is 0 Å². The number of aromatic amines is 1. The molecule has 4 rings (SSSR count). The minimum Gasteiger partial charge on any atom is -0.342 e. The van der Waals surface area contributed by atoms with Gasteiger partial charge in [-0.2, -0.15) is 5.10 Å². The van der Waals surface area contributed by atoms with Crippen molar-refractivity contribution < 1.29 is 4.79 Å². The lowest BCUT2D eigenvalue weighted by molar-refractivity contribution is -0.131. The second-order valence-corrected chi connectivity index (χ2v) is 7.14. The van der Waals surface area contributed by atoms with Crippen molar-refractivity contribution in [3.8, 4) is 11.4 Å². The molecule has 1 aromatic carbocycles. The Morgan fingerprint density at radius 3 is 2.96 bits per heavy atom. The van der Waals surface area contributed by atoms with Gasteiger partial charge in [0.05, 0.1) is 6.42 Å². The van der Waals surface area contributed by atoms with Gasteiger partial charge in [-0.15, -0.1) is 0 Å². The minimum atomic E-state index is 0.0970. The van der Waals surface area contributed by atoms with Crippen LogP contribution in [0.2, 0.25) is 5.02 Å². The highest BCUT2D eigenvalue weighted by atomic mass is 35.5. The topological polar surface area (TPSA) is 74.8 Å².